The van der Waals surface area contributed by atoms with Gasteiger partial charge in [-0.1, -0.05) is 13.8 Å². The van der Waals surface area contributed by atoms with Crippen molar-refractivity contribution in [1.29, 1.82) is 0 Å². The Morgan fingerprint density at radius 3 is 2.64 bits per heavy atom. The van der Waals surface area contributed by atoms with Crippen LogP contribution in [0.4, 0.5) is 0 Å². The molecule has 0 aromatic heterocycles. The number of carbonyl (C=O) groups is 1. The largest absolute Gasteiger partial charge is 0.481 e. The smallest absolute Gasteiger partial charge is 0.310 e. The van der Waals surface area contributed by atoms with E-state index in [-0.39, 0.29) is 12.0 Å². The average Bonchev–Trinajstić information content (AvgIpc) is 2.20. The zero-order valence-electron chi connectivity index (χ0n) is 8.90. The van der Waals surface area contributed by atoms with Gasteiger partial charge in [0, 0.05) is 12.6 Å². The van der Waals surface area contributed by atoms with Crippen molar-refractivity contribution in [2.45, 2.75) is 26.3 Å². The van der Waals surface area contributed by atoms with E-state index in [1.807, 2.05) is 0 Å². The SMILES string of the molecule is CCN(CC)C1CCOCC1C(=O)O. The van der Waals surface area contributed by atoms with E-state index >= 15 is 0 Å². The summed E-state index contributed by atoms with van der Waals surface area (Å²) in [7, 11) is 0. The van der Waals surface area contributed by atoms with Crippen LogP contribution >= 0.6 is 0 Å². The Morgan fingerprint density at radius 2 is 2.14 bits per heavy atom. The minimum atomic E-state index is -0.735. The molecule has 0 radical (unpaired) electrons. The Labute approximate surface area is 84.8 Å². The van der Waals surface area contributed by atoms with E-state index in [1.54, 1.807) is 0 Å². The van der Waals surface area contributed by atoms with Gasteiger partial charge in [-0.25, -0.2) is 0 Å². The molecule has 0 aromatic carbocycles. The second-order valence-electron chi connectivity index (χ2n) is 3.60. The Hall–Kier alpha value is -0.610. The van der Waals surface area contributed by atoms with Crippen molar-refractivity contribution in [3.8, 4) is 0 Å². The van der Waals surface area contributed by atoms with E-state index in [4.69, 9.17) is 9.84 Å². The average molecular weight is 201 g/mol. The first-order valence-electron chi connectivity index (χ1n) is 5.25. The fraction of sp³-hybridized carbons (Fsp3) is 0.900. The molecule has 1 saturated heterocycles. The van der Waals surface area contributed by atoms with Gasteiger partial charge in [0.2, 0.25) is 0 Å². The molecule has 2 atom stereocenters. The Balaban J connectivity index is 2.65. The van der Waals surface area contributed by atoms with Crippen LogP contribution in [0.25, 0.3) is 0 Å². The molecule has 82 valence electrons. The third-order valence-electron chi connectivity index (χ3n) is 2.92. The Kier molecular flexibility index (Phi) is 4.35. The molecule has 0 bridgehead atoms. The van der Waals surface area contributed by atoms with Gasteiger partial charge in [-0.3, -0.25) is 9.69 Å². The topological polar surface area (TPSA) is 49.8 Å². The van der Waals surface area contributed by atoms with Crippen LogP contribution in [-0.4, -0.2) is 48.3 Å². The highest BCUT2D eigenvalue weighted by Gasteiger charge is 2.34. The van der Waals surface area contributed by atoms with Crippen LogP contribution in [0.15, 0.2) is 0 Å². The lowest BCUT2D eigenvalue weighted by atomic mass is 9.94. The fourth-order valence-corrected chi connectivity index (χ4v) is 2.09. The van der Waals surface area contributed by atoms with Gasteiger partial charge in [0.05, 0.1) is 12.5 Å². The molecule has 1 N–H and O–H groups in total. The van der Waals surface area contributed by atoms with Gasteiger partial charge in [0.25, 0.3) is 0 Å². The standard InChI is InChI=1S/C10H19NO3/c1-3-11(4-2)9-5-6-14-7-8(9)10(12)13/h8-9H,3-7H2,1-2H3,(H,12,13). The minimum Gasteiger partial charge on any atom is -0.481 e. The predicted molar refractivity (Wildman–Crippen MR) is 53.3 cm³/mol. The Bertz CT molecular complexity index is 192. The second kappa shape index (κ2) is 5.32. The first-order valence-corrected chi connectivity index (χ1v) is 5.25. The molecule has 1 fully saturated rings. The van der Waals surface area contributed by atoms with Crippen molar-refractivity contribution in [1.82, 2.24) is 4.90 Å². The van der Waals surface area contributed by atoms with E-state index in [0.717, 1.165) is 19.5 Å². The van der Waals surface area contributed by atoms with Crippen LogP contribution in [0.2, 0.25) is 0 Å². The van der Waals surface area contributed by atoms with Gasteiger partial charge in [0.15, 0.2) is 0 Å². The number of carboxylic acid groups (broad SMARTS) is 1. The van der Waals surface area contributed by atoms with Gasteiger partial charge >= 0.3 is 5.97 Å². The lowest BCUT2D eigenvalue weighted by Crippen LogP contribution is -2.48. The number of hydrogen-bond donors (Lipinski definition) is 1. The number of hydrogen-bond acceptors (Lipinski definition) is 3. The summed E-state index contributed by atoms with van der Waals surface area (Å²) in [5.74, 6) is -1.09. The molecular formula is C10H19NO3. The quantitative estimate of drug-likeness (QED) is 0.731. The molecule has 0 amide bonds. The fourth-order valence-electron chi connectivity index (χ4n) is 2.09. The third kappa shape index (κ3) is 2.45. The predicted octanol–water partition coefficient (Wildman–Crippen LogP) is 0.818. The summed E-state index contributed by atoms with van der Waals surface area (Å²) in [5.41, 5.74) is 0. The van der Waals surface area contributed by atoms with Gasteiger partial charge in [0.1, 0.15) is 0 Å². The van der Waals surface area contributed by atoms with Crippen LogP contribution in [0, 0.1) is 5.92 Å². The first kappa shape index (κ1) is 11.5. The van der Waals surface area contributed by atoms with Gasteiger partial charge < -0.3 is 9.84 Å². The normalized spacial score (nSPS) is 27.9. The van der Waals surface area contributed by atoms with Crippen molar-refractivity contribution >= 4 is 5.97 Å². The second-order valence-corrected chi connectivity index (χ2v) is 3.60. The van der Waals surface area contributed by atoms with Crippen LogP contribution in [0.1, 0.15) is 20.3 Å². The lowest BCUT2D eigenvalue weighted by Gasteiger charge is -2.36. The molecule has 1 aliphatic rings. The van der Waals surface area contributed by atoms with Gasteiger partial charge in [-0.2, -0.15) is 0 Å². The minimum absolute atomic E-state index is 0.149. The highest BCUT2D eigenvalue weighted by molar-refractivity contribution is 5.71. The maximum atomic E-state index is 11.0. The number of rotatable bonds is 4. The van der Waals surface area contributed by atoms with Crippen molar-refractivity contribution in [2.24, 2.45) is 5.92 Å². The molecule has 0 aromatic rings. The van der Waals surface area contributed by atoms with E-state index in [0.29, 0.717) is 13.2 Å². The summed E-state index contributed by atoms with van der Waals surface area (Å²) < 4.78 is 5.21. The summed E-state index contributed by atoms with van der Waals surface area (Å²) in [6.07, 6.45) is 0.832. The molecule has 0 saturated carbocycles. The molecule has 0 aliphatic carbocycles. The molecule has 1 aliphatic heterocycles. The van der Waals surface area contributed by atoms with E-state index in [1.165, 1.54) is 0 Å². The Morgan fingerprint density at radius 1 is 1.50 bits per heavy atom. The molecular weight excluding hydrogens is 182 g/mol. The third-order valence-corrected chi connectivity index (χ3v) is 2.92. The maximum Gasteiger partial charge on any atom is 0.310 e. The van der Waals surface area contributed by atoms with E-state index in [2.05, 4.69) is 18.7 Å². The molecule has 14 heavy (non-hydrogen) atoms. The summed E-state index contributed by atoms with van der Waals surface area (Å²) >= 11 is 0. The summed E-state index contributed by atoms with van der Waals surface area (Å²) in [4.78, 5) is 13.2. The van der Waals surface area contributed by atoms with Gasteiger partial charge in [-0.05, 0) is 19.5 Å². The van der Waals surface area contributed by atoms with E-state index in [9.17, 15) is 4.79 Å². The van der Waals surface area contributed by atoms with Crippen molar-refractivity contribution < 1.29 is 14.6 Å². The zero-order valence-corrected chi connectivity index (χ0v) is 8.90. The van der Waals surface area contributed by atoms with Crippen molar-refractivity contribution in [3.05, 3.63) is 0 Å². The van der Waals surface area contributed by atoms with Crippen LogP contribution in [0.5, 0.6) is 0 Å². The summed E-state index contributed by atoms with van der Waals surface area (Å²) in [6, 6.07) is 0.149. The van der Waals surface area contributed by atoms with Crippen molar-refractivity contribution in [2.75, 3.05) is 26.3 Å². The first-order chi connectivity index (χ1) is 6.70. The van der Waals surface area contributed by atoms with Gasteiger partial charge in [-0.15, -0.1) is 0 Å². The van der Waals surface area contributed by atoms with Crippen LogP contribution < -0.4 is 0 Å². The number of nitrogens with zero attached hydrogens (tertiary/aromatic N) is 1. The molecule has 4 nitrogen and oxygen atoms in total. The van der Waals surface area contributed by atoms with Crippen LogP contribution in [-0.2, 0) is 9.53 Å². The maximum absolute atomic E-state index is 11.0. The molecule has 2 unspecified atom stereocenters. The summed E-state index contributed by atoms with van der Waals surface area (Å²) in [5, 5.41) is 9.04. The zero-order chi connectivity index (χ0) is 10.6. The monoisotopic (exact) mass is 201 g/mol. The number of carboxylic acids is 1. The lowest BCUT2D eigenvalue weighted by molar-refractivity contribution is -0.150. The van der Waals surface area contributed by atoms with Crippen molar-refractivity contribution in [3.63, 3.8) is 0 Å². The molecule has 1 heterocycles. The van der Waals surface area contributed by atoms with Crippen LogP contribution in [0.3, 0.4) is 0 Å². The highest BCUT2D eigenvalue weighted by atomic mass is 16.5. The molecule has 1 rings (SSSR count). The highest BCUT2D eigenvalue weighted by Crippen LogP contribution is 2.20. The molecule has 4 heteroatoms. The summed E-state index contributed by atoms with van der Waals surface area (Å²) in [6.45, 7) is 6.99. The van der Waals surface area contributed by atoms with E-state index < -0.39 is 5.97 Å². The number of aliphatic carboxylic acids is 1. The number of ether oxygens (including phenoxy) is 1. The molecule has 0 spiro atoms.